The van der Waals surface area contributed by atoms with Gasteiger partial charge >= 0.3 is 5.97 Å². The Labute approximate surface area is 91.1 Å². The molecule has 0 radical (unpaired) electrons. The second kappa shape index (κ2) is 3.73. The minimum atomic E-state index is -0.668. The molecule has 0 aromatic heterocycles. The van der Waals surface area contributed by atoms with Crippen LogP contribution in [0.4, 0.5) is 0 Å². The van der Waals surface area contributed by atoms with Crippen LogP contribution in [0.2, 0.25) is 0 Å². The fourth-order valence-electron chi connectivity index (χ4n) is 1.93. The van der Waals surface area contributed by atoms with Crippen molar-refractivity contribution in [2.75, 3.05) is 0 Å². The summed E-state index contributed by atoms with van der Waals surface area (Å²) in [5.74, 6) is -0.859. The molecule has 2 nitrogen and oxygen atoms in total. The summed E-state index contributed by atoms with van der Waals surface area (Å²) >= 11 is 3.42. The van der Waals surface area contributed by atoms with E-state index in [0.717, 1.165) is 17.3 Å². The van der Waals surface area contributed by atoms with E-state index >= 15 is 0 Å². The summed E-state index contributed by atoms with van der Waals surface area (Å²) in [6.07, 6.45) is 2.32. The summed E-state index contributed by atoms with van der Waals surface area (Å²) in [5.41, 5.74) is 2.48. The molecule has 1 aromatic rings. The predicted molar refractivity (Wildman–Crippen MR) is 57.3 cm³/mol. The van der Waals surface area contributed by atoms with Gasteiger partial charge in [-0.25, -0.2) is 0 Å². The highest BCUT2D eigenvalue weighted by molar-refractivity contribution is 9.10. The smallest absolute Gasteiger partial charge is 0.306 e. The molecule has 0 bridgehead atoms. The number of aliphatic carboxylic acids is 1. The Hall–Kier alpha value is -0.830. The van der Waals surface area contributed by atoms with E-state index < -0.39 is 5.97 Å². The molecule has 1 aliphatic rings. The second-order valence-electron chi connectivity index (χ2n) is 3.69. The van der Waals surface area contributed by atoms with Gasteiger partial charge in [-0.2, -0.15) is 0 Å². The zero-order chi connectivity index (χ0) is 10.1. The molecule has 0 amide bonds. The van der Waals surface area contributed by atoms with Gasteiger partial charge in [-0.05, 0) is 42.5 Å². The third kappa shape index (κ3) is 1.82. The Morgan fingerprint density at radius 2 is 2.21 bits per heavy atom. The molecule has 0 heterocycles. The summed E-state index contributed by atoms with van der Waals surface area (Å²) in [6.45, 7) is 0. The van der Waals surface area contributed by atoms with E-state index in [0.29, 0.717) is 6.42 Å². The molecule has 0 saturated heterocycles. The number of hydrogen-bond acceptors (Lipinski definition) is 1. The highest BCUT2D eigenvalue weighted by Gasteiger charge is 2.23. The van der Waals surface area contributed by atoms with Crippen LogP contribution in [0.15, 0.2) is 22.7 Å². The Morgan fingerprint density at radius 3 is 2.93 bits per heavy atom. The molecule has 0 spiro atoms. The van der Waals surface area contributed by atoms with Gasteiger partial charge in [0.15, 0.2) is 0 Å². The normalized spacial score (nSPS) is 20.2. The van der Waals surface area contributed by atoms with Crippen LogP contribution in [0.5, 0.6) is 0 Å². The SMILES string of the molecule is O=C(O)C1CCc2cc(Br)ccc2C1. The van der Waals surface area contributed by atoms with Crippen LogP contribution in [-0.4, -0.2) is 11.1 Å². The molecular weight excluding hydrogens is 244 g/mol. The number of rotatable bonds is 1. The molecular formula is C11H11BrO2. The summed E-state index contributed by atoms with van der Waals surface area (Å²) in [4.78, 5) is 10.8. The van der Waals surface area contributed by atoms with Crippen molar-refractivity contribution < 1.29 is 9.90 Å². The summed E-state index contributed by atoms with van der Waals surface area (Å²) in [5, 5.41) is 8.91. The number of carbonyl (C=O) groups is 1. The van der Waals surface area contributed by atoms with Crippen LogP contribution in [-0.2, 0) is 17.6 Å². The lowest BCUT2D eigenvalue weighted by molar-refractivity contribution is -0.142. The molecule has 1 unspecified atom stereocenters. The zero-order valence-corrected chi connectivity index (χ0v) is 9.25. The van der Waals surface area contributed by atoms with Gasteiger partial charge in [0.1, 0.15) is 0 Å². The van der Waals surface area contributed by atoms with E-state index in [1.807, 2.05) is 12.1 Å². The fourth-order valence-corrected chi connectivity index (χ4v) is 2.34. The monoisotopic (exact) mass is 254 g/mol. The Bertz CT molecular complexity index is 374. The number of halogens is 1. The van der Waals surface area contributed by atoms with E-state index in [2.05, 4.69) is 22.0 Å². The van der Waals surface area contributed by atoms with Crippen molar-refractivity contribution in [2.45, 2.75) is 19.3 Å². The van der Waals surface area contributed by atoms with Crippen LogP contribution in [0.1, 0.15) is 17.5 Å². The Morgan fingerprint density at radius 1 is 1.43 bits per heavy atom. The number of benzene rings is 1. The quantitative estimate of drug-likeness (QED) is 0.837. The molecule has 2 rings (SSSR count). The van der Waals surface area contributed by atoms with Crippen molar-refractivity contribution in [1.82, 2.24) is 0 Å². The van der Waals surface area contributed by atoms with Crippen molar-refractivity contribution in [2.24, 2.45) is 5.92 Å². The predicted octanol–water partition coefficient (Wildman–Crippen LogP) is 2.64. The number of carboxylic acids is 1. The Kier molecular flexibility index (Phi) is 2.59. The lowest BCUT2D eigenvalue weighted by atomic mass is 9.84. The number of aryl methyl sites for hydroxylation is 1. The van der Waals surface area contributed by atoms with Gasteiger partial charge < -0.3 is 5.11 Å². The summed E-state index contributed by atoms with van der Waals surface area (Å²) in [7, 11) is 0. The first kappa shape index (κ1) is 9.71. The lowest BCUT2D eigenvalue weighted by Gasteiger charge is -2.21. The average Bonchev–Trinajstić information content (AvgIpc) is 2.16. The molecule has 74 valence electrons. The van der Waals surface area contributed by atoms with Crippen molar-refractivity contribution >= 4 is 21.9 Å². The van der Waals surface area contributed by atoms with Gasteiger partial charge in [0.25, 0.3) is 0 Å². The second-order valence-corrected chi connectivity index (χ2v) is 4.61. The molecule has 0 saturated carbocycles. The van der Waals surface area contributed by atoms with E-state index in [1.54, 1.807) is 0 Å². The maximum Gasteiger partial charge on any atom is 0.306 e. The van der Waals surface area contributed by atoms with E-state index in [-0.39, 0.29) is 5.92 Å². The van der Waals surface area contributed by atoms with Gasteiger partial charge in [-0.1, -0.05) is 22.0 Å². The lowest BCUT2D eigenvalue weighted by Crippen LogP contribution is -2.22. The van der Waals surface area contributed by atoms with Crippen LogP contribution in [0.3, 0.4) is 0 Å². The molecule has 1 atom stereocenters. The third-order valence-corrected chi connectivity index (χ3v) is 3.24. The van der Waals surface area contributed by atoms with E-state index in [9.17, 15) is 4.79 Å². The average molecular weight is 255 g/mol. The number of fused-ring (bicyclic) bond motifs is 1. The molecule has 0 aliphatic heterocycles. The standard InChI is InChI=1S/C11H11BrO2/c12-10-4-3-7-5-9(11(13)14)2-1-8(7)6-10/h3-4,6,9H,1-2,5H2,(H,13,14). The van der Waals surface area contributed by atoms with Crippen LogP contribution < -0.4 is 0 Å². The summed E-state index contributed by atoms with van der Waals surface area (Å²) < 4.78 is 1.07. The molecule has 3 heteroatoms. The van der Waals surface area contributed by atoms with E-state index in [1.165, 1.54) is 11.1 Å². The highest BCUT2D eigenvalue weighted by atomic mass is 79.9. The topological polar surface area (TPSA) is 37.3 Å². The Balaban J connectivity index is 2.27. The first-order valence-corrected chi connectivity index (χ1v) is 5.46. The summed E-state index contributed by atoms with van der Waals surface area (Å²) in [6, 6.07) is 6.09. The van der Waals surface area contributed by atoms with Gasteiger partial charge in [0, 0.05) is 4.47 Å². The van der Waals surface area contributed by atoms with Gasteiger partial charge in [0.05, 0.1) is 5.92 Å². The van der Waals surface area contributed by atoms with Crippen molar-refractivity contribution in [3.63, 3.8) is 0 Å². The van der Waals surface area contributed by atoms with Crippen LogP contribution in [0.25, 0.3) is 0 Å². The molecule has 1 aromatic carbocycles. The van der Waals surface area contributed by atoms with Crippen molar-refractivity contribution in [3.05, 3.63) is 33.8 Å². The third-order valence-electron chi connectivity index (χ3n) is 2.75. The van der Waals surface area contributed by atoms with Gasteiger partial charge in [-0.15, -0.1) is 0 Å². The molecule has 1 aliphatic carbocycles. The van der Waals surface area contributed by atoms with Crippen molar-refractivity contribution in [1.29, 1.82) is 0 Å². The minimum absolute atomic E-state index is 0.191. The first-order valence-electron chi connectivity index (χ1n) is 4.67. The maximum absolute atomic E-state index is 10.8. The number of carboxylic acid groups (broad SMARTS) is 1. The largest absolute Gasteiger partial charge is 0.481 e. The molecule has 14 heavy (non-hydrogen) atoms. The zero-order valence-electron chi connectivity index (χ0n) is 7.66. The van der Waals surface area contributed by atoms with Crippen LogP contribution in [0, 0.1) is 5.92 Å². The van der Waals surface area contributed by atoms with Crippen molar-refractivity contribution in [3.8, 4) is 0 Å². The molecule has 1 N–H and O–H groups in total. The van der Waals surface area contributed by atoms with Crippen LogP contribution >= 0.6 is 15.9 Å². The maximum atomic E-state index is 10.8. The highest BCUT2D eigenvalue weighted by Crippen LogP contribution is 2.27. The number of hydrogen-bond donors (Lipinski definition) is 1. The van der Waals surface area contributed by atoms with Gasteiger partial charge in [0.2, 0.25) is 0 Å². The molecule has 0 fully saturated rings. The van der Waals surface area contributed by atoms with Gasteiger partial charge in [-0.3, -0.25) is 4.79 Å². The fraction of sp³-hybridized carbons (Fsp3) is 0.364. The first-order chi connectivity index (χ1) is 6.66. The minimum Gasteiger partial charge on any atom is -0.481 e. The van der Waals surface area contributed by atoms with E-state index in [4.69, 9.17) is 5.11 Å².